The van der Waals surface area contributed by atoms with Crippen molar-refractivity contribution in [2.45, 2.75) is 0 Å². The average Bonchev–Trinajstić information content (AvgIpc) is 2.31. The van der Waals surface area contributed by atoms with Gasteiger partial charge in [0.1, 0.15) is 5.69 Å². The first kappa shape index (κ1) is 9.04. The van der Waals surface area contributed by atoms with E-state index in [4.69, 9.17) is 10.2 Å². The summed E-state index contributed by atoms with van der Waals surface area (Å²) in [6, 6.07) is 1.29. The van der Waals surface area contributed by atoms with E-state index in [0.717, 1.165) is 0 Å². The lowest BCUT2D eigenvalue weighted by molar-refractivity contribution is 0.0684. The van der Waals surface area contributed by atoms with E-state index in [2.05, 4.69) is 0 Å². The van der Waals surface area contributed by atoms with E-state index in [1.807, 2.05) is 22.6 Å². The summed E-state index contributed by atoms with van der Waals surface area (Å²) >= 11 is 1.85. The van der Waals surface area contributed by atoms with E-state index in [1.54, 1.807) is 0 Å². The van der Waals surface area contributed by atoms with Gasteiger partial charge in [-0.15, -0.1) is 0 Å². The number of carboxylic acids is 1. The highest BCUT2D eigenvalue weighted by Gasteiger charge is 2.15. The molecule has 0 bridgehead atoms. The van der Waals surface area contributed by atoms with Crippen molar-refractivity contribution in [1.29, 1.82) is 0 Å². The molecule has 2 N–H and O–H groups in total. The largest absolute Gasteiger partial charge is 0.477 e. The molecule has 0 saturated carbocycles. The van der Waals surface area contributed by atoms with E-state index < -0.39 is 12.1 Å². The molecule has 1 aromatic rings. The van der Waals surface area contributed by atoms with Crippen molar-refractivity contribution in [3.8, 4) is 0 Å². The SMILES string of the molecule is O=C(O)c1cc(I)cn1C(=O)O. The monoisotopic (exact) mass is 281 g/mol. The highest BCUT2D eigenvalue weighted by atomic mass is 127. The van der Waals surface area contributed by atoms with Gasteiger partial charge in [-0.25, -0.2) is 14.2 Å². The summed E-state index contributed by atoms with van der Waals surface area (Å²) < 4.78 is 1.25. The first-order chi connectivity index (χ1) is 5.52. The second-order valence-electron chi connectivity index (χ2n) is 2.00. The standard InChI is InChI=1S/C6H4INO4/c7-3-1-4(5(9)10)8(2-3)6(11)12/h1-2H,(H,9,10)(H,11,12). The van der Waals surface area contributed by atoms with Crippen LogP contribution < -0.4 is 0 Å². The number of hydrogen-bond acceptors (Lipinski definition) is 2. The van der Waals surface area contributed by atoms with Crippen LogP contribution in [-0.4, -0.2) is 26.8 Å². The van der Waals surface area contributed by atoms with Gasteiger partial charge in [0.05, 0.1) is 0 Å². The van der Waals surface area contributed by atoms with Crippen LogP contribution in [0.2, 0.25) is 0 Å². The highest BCUT2D eigenvalue weighted by molar-refractivity contribution is 14.1. The Kier molecular flexibility index (Phi) is 2.36. The van der Waals surface area contributed by atoms with Gasteiger partial charge in [0.25, 0.3) is 0 Å². The van der Waals surface area contributed by atoms with Crippen molar-refractivity contribution >= 4 is 34.7 Å². The molecule has 5 nitrogen and oxygen atoms in total. The van der Waals surface area contributed by atoms with E-state index in [0.29, 0.717) is 8.14 Å². The van der Waals surface area contributed by atoms with Crippen molar-refractivity contribution in [1.82, 2.24) is 4.57 Å². The molecule has 0 aliphatic heterocycles. The molecule has 0 fully saturated rings. The normalized spacial score (nSPS) is 9.75. The van der Waals surface area contributed by atoms with Crippen LogP contribution in [0.4, 0.5) is 4.79 Å². The lowest BCUT2D eigenvalue weighted by Gasteiger charge is -1.96. The molecule has 0 spiro atoms. The molecule has 12 heavy (non-hydrogen) atoms. The van der Waals surface area contributed by atoms with Crippen molar-refractivity contribution in [2.24, 2.45) is 0 Å². The number of halogens is 1. The number of rotatable bonds is 1. The number of nitrogens with zero attached hydrogens (tertiary/aromatic N) is 1. The summed E-state index contributed by atoms with van der Waals surface area (Å²) in [6.07, 6.45) is -0.0536. The molecule has 0 atom stereocenters. The molecule has 1 rings (SSSR count). The van der Waals surface area contributed by atoms with Gasteiger partial charge in [-0.05, 0) is 28.7 Å². The molecule has 0 saturated heterocycles. The van der Waals surface area contributed by atoms with Crippen LogP contribution in [0, 0.1) is 3.57 Å². The van der Waals surface area contributed by atoms with Crippen LogP contribution in [0.3, 0.4) is 0 Å². The fourth-order valence-electron chi connectivity index (χ4n) is 0.753. The smallest absolute Gasteiger partial charge is 0.416 e. The Hall–Kier alpha value is -1.05. The van der Waals surface area contributed by atoms with Crippen LogP contribution >= 0.6 is 22.6 Å². The van der Waals surface area contributed by atoms with Crippen molar-refractivity contribution < 1.29 is 19.8 Å². The summed E-state index contributed by atoms with van der Waals surface area (Å²) in [4.78, 5) is 20.9. The lowest BCUT2D eigenvalue weighted by Crippen LogP contribution is -2.13. The van der Waals surface area contributed by atoms with Crippen molar-refractivity contribution in [3.63, 3.8) is 0 Å². The fraction of sp³-hybridized carbons (Fsp3) is 0. The third kappa shape index (κ3) is 1.58. The Morgan fingerprint density at radius 2 is 2.00 bits per heavy atom. The van der Waals surface area contributed by atoms with Crippen LogP contribution in [0.15, 0.2) is 12.3 Å². The maximum absolute atomic E-state index is 10.5. The van der Waals surface area contributed by atoms with Crippen LogP contribution in [0.25, 0.3) is 0 Å². The Labute approximate surface area is 80.8 Å². The Morgan fingerprint density at radius 1 is 1.42 bits per heavy atom. The first-order valence-corrected chi connectivity index (χ1v) is 3.94. The average molecular weight is 281 g/mol. The molecule has 1 heterocycles. The molecular formula is C6H4INO4. The van der Waals surface area contributed by atoms with E-state index in [-0.39, 0.29) is 5.69 Å². The topological polar surface area (TPSA) is 79.5 Å². The second-order valence-corrected chi connectivity index (χ2v) is 3.25. The highest BCUT2D eigenvalue weighted by Crippen LogP contribution is 2.10. The second kappa shape index (κ2) is 3.13. The predicted octanol–water partition coefficient (Wildman–Crippen LogP) is 1.32. The van der Waals surface area contributed by atoms with Crippen LogP contribution in [-0.2, 0) is 0 Å². The van der Waals surface area contributed by atoms with Gasteiger partial charge < -0.3 is 10.2 Å². The van der Waals surface area contributed by atoms with Crippen molar-refractivity contribution in [3.05, 3.63) is 21.5 Å². The molecular weight excluding hydrogens is 277 g/mol. The quantitative estimate of drug-likeness (QED) is 0.761. The third-order valence-electron chi connectivity index (χ3n) is 1.21. The summed E-state index contributed by atoms with van der Waals surface area (Å²) in [5.74, 6) is -1.25. The number of aromatic carboxylic acids is 1. The summed E-state index contributed by atoms with van der Waals surface area (Å²) in [5, 5.41) is 17.1. The molecule has 0 aromatic carbocycles. The molecule has 0 unspecified atom stereocenters. The maximum Gasteiger partial charge on any atom is 0.416 e. The molecule has 1 aromatic heterocycles. The minimum Gasteiger partial charge on any atom is -0.477 e. The fourth-order valence-corrected chi connectivity index (χ4v) is 1.33. The molecule has 6 heteroatoms. The zero-order valence-corrected chi connectivity index (χ0v) is 7.85. The Balaban J connectivity index is 3.26. The van der Waals surface area contributed by atoms with Gasteiger partial charge in [-0.3, -0.25) is 0 Å². The van der Waals surface area contributed by atoms with E-state index in [1.165, 1.54) is 12.3 Å². The van der Waals surface area contributed by atoms with Crippen molar-refractivity contribution in [2.75, 3.05) is 0 Å². The molecule has 0 radical (unpaired) electrons. The lowest BCUT2D eigenvalue weighted by atomic mass is 10.4. The minimum atomic E-state index is -1.30. The van der Waals surface area contributed by atoms with Gasteiger partial charge in [0.2, 0.25) is 0 Å². The van der Waals surface area contributed by atoms with Crippen LogP contribution in [0.1, 0.15) is 10.5 Å². The summed E-state index contributed by atoms with van der Waals surface area (Å²) in [7, 11) is 0. The number of aromatic nitrogens is 1. The Bertz CT molecular complexity index is 312. The summed E-state index contributed by atoms with van der Waals surface area (Å²) in [5.41, 5.74) is -0.244. The Morgan fingerprint density at radius 3 is 2.33 bits per heavy atom. The van der Waals surface area contributed by atoms with Gasteiger partial charge in [-0.1, -0.05) is 0 Å². The van der Waals surface area contributed by atoms with Gasteiger partial charge in [0, 0.05) is 9.77 Å². The number of hydrogen-bond donors (Lipinski definition) is 2. The van der Waals surface area contributed by atoms with E-state index >= 15 is 0 Å². The maximum atomic E-state index is 10.5. The summed E-state index contributed by atoms with van der Waals surface area (Å²) in [6.45, 7) is 0. The van der Waals surface area contributed by atoms with Crippen LogP contribution in [0.5, 0.6) is 0 Å². The molecule has 0 amide bonds. The van der Waals surface area contributed by atoms with E-state index in [9.17, 15) is 9.59 Å². The number of carbonyl (C=O) groups is 2. The number of carboxylic acid groups (broad SMARTS) is 2. The zero-order chi connectivity index (χ0) is 9.30. The first-order valence-electron chi connectivity index (χ1n) is 2.87. The minimum absolute atomic E-state index is 0.244. The molecule has 0 aliphatic rings. The molecule has 64 valence electrons. The van der Waals surface area contributed by atoms with Gasteiger partial charge in [0.15, 0.2) is 0 Å². The van der Waals surface area contributed by atoms with Gasteiger partial charge >= 0.3 is 12.1 Å². The zero-order valence-electron chi connectivity index (χ0n) is 5.69. The predicted molar refractivity (Wildman–Crippen MR) is 47.5 cm³/mol. The molecule has 0 aliphatic carbocycles. The van der Waals surface area contributed by atoms with Gasteiger partial charge in [-0.2, -0.15) is 0 Å². The third-order valence-corrected chi connectivity index (χ3v) is 1.80.